The van der Waals surface area contributed by atoms with Crippen LogP contribution in [0.15, 0.2) is 18.2 Å². The molecule has 18 heavy (non-hydrogen) atoms. The lowest BCUT2D eigenvalue weighted by Gasteiger charge is -2.21. The third kappa shape index (κ3) is 3.46. The number of nitrogens with zero attached hydrogens (tertiary/aromatic N) is 1. The van der Waals surface area contributed by atoms with Crippen LogP contribution < -0.4 is 5.73 Å². The lowest BCUT2D eigenvalue weighted by Crippen LogP contribution is -2.39. The van der Waals surface area contributed by atoms with E-state index in [0.717, 1.165) is 12.1 Å². The molecule has 0 fully saturated rings. The molecule has 1 amide bonds. The highest BCUT2D eigenvalue weighted by Crippen LogP contribution is 2.15. The molecule has 1 aromatic carbocycles. The van der Waals surface area contributed by atoms with Gasteiger partial charge in [0, 0.05) is 6.54 Å². The summed E-state index contributed by atoms with van der Waals surface area (Å²) in [6, 6.07) is 3.29. The van der Waals surface area contributed by atoms with E-state index in [1.165, 1.54) is 11.0 Å². The zero-order chi connectivity index (χ0) is 13.7. The van der Waals surface area contributed by atoms with Crippen LogP contribution in [0, 0.1) is 11.6 Å². The predicted molar refractivity (Wildman–Crippen MR) is 69.3 cm³/mol. The largest absolute Gasteiger partial charge is 0.392 e. The average Bonchev–Trinajstić information content (AvgIpc) is 2.27. The van der Waals surface area contributed by atoms with Gasteiger partial charge in [-0.2, -0.15) is 0 Å². The minimum Gasteiger partial charge on any atom is -0.392 e. The molecule has 0 aromatic heterocycles. The topological polar surface area (TPSA) is 46.3 Å². The number of rotatable bonds is 5. The lowest BCUT2D eigenvalue weighted by atomic mass is 10.1. The predicted octanol–water partition coefficient (Wildman–Crippen LogP) is 2.10. The fourth-order valence-corrected chi connectivity index (χ4v) is 1.73. The zero-order valence-electron chi connectivity index (χ0n) is 9.95. The SMILES string of the molecule is CCCN(CC(N)=S)C(=O)c1c(F)cccc1F. The molecule has 0 aliphatic rings. The van der Waals surface area contributed by atoms with Gasteiger partial charge in [0.15, 0.2) is 0 Å². The van der Waals surface area contributed by atoms with E-state index in [4.69, 9.17) is 18.0 Å². The van der Waals surface area contributed by atoms with Gasteiger partial charge in [-0.15, -0.1) is 0 Å². The summed E-state index contributed by atoms with van der Waals surface area (Å²) in [5, 5.41) is 0. The Morgan fingerprint density at radius 1 is 1.39 bits per heavy atom. The van der Waals surface area contributed by atoms with Crippen molar-refractivity contribution in [2.75, 3.05) is 13.1 Å². The van der Waals surface area contributed by atoms with Crippen molar-refractivity contribution in [1.29, 1.82) is 0 Å². The molecule has 0 heterocycles. The fourth-order valence-electron chi connectivity index (χ4n) is 1.57. The van der Waals surface area contributed by atoms with E-state index in [9.17, 15) is 13.6 Å². The molecule has 2 N–H and O–H groups in total. The molecule has 0 unspecified atom stereocenters. The van der Waals surface area contributed by atoms with Crippen molar-refractivity contribution in [1.82, 2.24) is 4.90 Å². The van der Waals surface area contributed by atoms with Crippen LogP contribution in [0.1, 0.15) is 23.7 Å². The van der Waals surface area contributed by atoms with Crippen LogP contribution in [0.2, 0.25) is 0 Å². The molecule has 98 valence electrons. The number of nitrogens with two attached hydrogens (primary N) is 1. The monoisotopic (exact) mass is 272 g/mol. The molecule has 0 spiro atoms. The smallest absolute Gasteiger partial charge is 0.260 e. The van der Waals surface area contributed by atoms with Gasteiger partial charge in [0.25, 0.3) is 5.91 Å². The molecule has 0 saturated carbocycles. The lowest BCUT2D eigenvalue weighted by molar-refractivity contribution is 0.0770. The van der Waals surface area contributed by atoms with E-state index in [2.05, 4.69) is 0 Å². The molecular weight excluding hydrogens is 258 g/mol. The molecule has 0 atom stereocenters. The van der Waals surface area contributed by atoms with Gasteiger partial charge in [0.2, 0.25) is 0 Å². The number of benzene rings is 1. The number of halogens is 2. The molecule has 1 aromatic rings. The van der Waals surface area contributed by atoms with E-state index in [0.29, 0.717) is 13.0 Å². The molecule has 6 heteroatoms. The summed E-state index contributed by atoms with van der Waals surface area (Å²) in [4.78, 5) is 13.4. The third-order valence-corrected chi connectivity index (χ3v) is 2.43. The Balaban J connectivity index is 3.05. The van der Waals surface area contributed by atoms with Crippen molar-refractivity contribution >= 4 is 23.1 Å². The Bertz CT molecular complexity index is 445. The van der Waals surface area contributed by atoms with Crippen LogP contribution >= 0.6 is 12.2 Å². The van der Waals surface area contributed by atoms with Gasteiger partial charge < -0.3 is 10.6 Å². The quantitative estimate of drug-likeness (QED) is 0.835. The van der Waals surface area contributed by atoms with E-state index in [1.54, 1.807) is 0 Å². The van der Waals surface area contributed by atoms with E-state index in [1.807, 2.05) is 6.92 Å². The van der Waals surface area contributed by atoms with Gasteiger partial charge in [-0.05, 0) is 18.6 Å². The summed E-state index contributed by atoms with van der Waals surface area (Å²) in [5.74, 6) is -2.51. The van der Waals surface area contributed by atoms with Crippen LogP contribution in [-0.4, -0.2) is 28.9 Å². The molecule has 0 aliphatic carbocycles. The van der Waals surface area contributed by atoms with Crippen molar-refractivity contribution in [3.63, 3.8) is 0 Å². The Hall–Kier alpha value is -1.56. The molecule has 0 radical (unpaired) electrons. The summed E-state index contributed by atoms with van der Waals surface area (Å²) in [7, 11) is 0. The Morgan fingerprint density at radius 2 is 1.94 bits per heavy atom. The first kappa shape index (κ1) is 14.5. The second kappa shape index (κ2) is 6.39. The summed E-state index contributed by atoms with van der Waals surface area (Å²) < 4.78 is 27.0. The minimum absolute atomic E-state index is 0.00970. The average molecular weight is 272 g/mol. The first-order valence-electron chi connectivity index (χ1n) is 5.49. The summed E-state index contributed by atoms with van der Waals surface area (Å²) in [6.07, 6.45) is 0.643. The third-order valence-electron chi connectivity index (χ3n) is 2.30. The maximum atomic E-state index is 13.5. The first-order valence-corrected chi connectivity index (χ1v) is 5.89. The van der Waals surface area contributed by atoms with Crippen molar-refractivity contribution < 1.29 is 13.6 Å². The zero-order valence-corrected chi connectivity index (χ0v) is 10.8. The van der Waals surface area contributed by atoms with Crippen LogP contribution in [0.4, 0.5) is 8.78 Å². The fraction of sp³-hybridized carbons (Fsp3) is 0.333. The highest BCUT2D eigenvalue weighted by molar-refractivity contribution is 7.80. The number of hydrogen-bond acceptors (Lipinski definition) is 2. The summed E-state index contributed by atoms with van der Waals surface area (Å²) >= 11 is 4.72. The van der Waals surface area contributed by atoms with Gasteiger partial charge in [-0.1, -0.05) is 25.2 Å². The number of carbonyl (C=O) groups is 1. The van der Waals surface area contributed by atoms with Crippen molar-refractivity contribution in [2.24, 2.45) is 5.73 Å². The number of carbonyl (C=O) groups excluding carboxylic acids is 1. The van der Waals surface area contributed by atoms with Gasteiger partial charge in [0.1, 0.15) is 17.2 Å². The normalized spacial score (nSPS) is 10.2. The van der Waals surface area contributed by atoms with Gasteiger partial charge in [-0.3, -0.25) is 4.79 Å². The summed E-state index contributed by atoms with van der Waals surface area (Å²) in [6.45, 7) is 2.19. The van der Waals surface area contributed by atoms with E-state index < -0.39 is 23.1 Å². The number of amides is 1. The second-order valence-electron chi connectivity index (χ2n) is 3.79. The number of hydrogen-bond donors (Lipinski definition) is 1. The standard InChI is InChI=1S/C12H14F2N2OS/c1-2-6-16(7-10(15)18)12(17)11-8(13)4-3-5-9(11)14/h3-5H,2,6-7H2,1H3,(H2,15,18). The molecule has 0 bridgehead atoms. The Labute approximate surface area is 110 Å². The van der Waals surface area contributed by atoms with Crippen LogP contribution in [0.3, 0.4) is 0 Å². The molecule has 1 rings (SSSR count). The van der Waals surface area contributed by atoms with E-state index >= 15 is 0 Å². The van der Waals surface area contributed by atoms with E-state index in [-0.39, 0.29) is 11.5 Å². The van der Waals surface area contributed by atoms with Gasteiger partial charge >= 0.3 is 0 Å². The highest BCUT2D eigenvalue weighted by Gasteiger charge is 2.22. The highest BCUT2D eigenvalue weighted by atomic mass is 32.1. The Morgan fingerprint density at radius 3 is 2.39 bits per heavy atom. The Kier molecular flexibility index (Phi) is 5.15. The maximum Gasteiger partial charge on any atom is 0.260 e. The van der Waals surface area contributed by atoms with Crippen molar-refractivity contribution in [2.45, 2.75) is 13.3 Å². The van der Waals surface area contributed by atoms with Crippen molar-refractivity contribution in [3.05, 3.63) is 35.4 Å². The molecular formula is C12H14F2N2OS. The second-order valence-corrected chi connectivity index (χ2v) is 4.31. The first-order chi connectivity index (χ1) is 8.47. The van der Waals surface area contributed by atoms with Crippen LogP contribution in [-0.2, 0) is 0 Å². The summed E-state index contributed by atoms with van der Waals surface area (Å²) in [5.41, 5.74) is 4.80. The van der Waals surface area contributed by atoms with Crippen molar-refractivity contribution in [3.8, 4) is 0 Å². The molecule has 3 nitrogen and oxygen atoms in total. The molecule has 0 aliphatic heterocycles. The van der Waals surface area contributed by atoms with Gasteiger partial charge in [0.05, 0.1) is 11.5 Å². The van der Waals surface area contributed by atoms with Crippen LogP contribution in [0.25, 0.3) is 0 Å². The number of thiocarbonyl (C=S) groups is 1. The molecule has 0 saturated heterocycles. The maximum absolute atomic E-state index is 13.5. The van der Waals surface area contributed by atoms with Crippen LogP contribution in [0.5, 0.6) is 0 Å². The van der Waals surface area contributed by atoms with Gasteiger partial charge in [-0.25, -0.2) is 8.78 Å². The minimum atomic E-state index is -0.885.